The maximum absolute atomic E-state index is 13.6. The molecule has 29 heavy (non-hydrogen) atoms. The monoisotopic (exact) mass is 437 g/mol. The van der Waals surface area contributed by atoms with Gasteiger partial charge in [-0.15, -0.1) is 12.4 Å². The molecule has 0 aliphatic rings. The van der Waals surface area contributed by atoms with Crippen LogP contribution in [0.3, 0.4) is 0 Å². The molecule has 3 rings (SSSR count). The van der Waals surface area contributed by atoms with E-state index in [0.717, 1.165) is 24.3 Å². The molecule has 0 N–H and O–H groups in total. The summed E-state index contributed by atoms with van der Waals surface area (Å²) in [6.45, 7) is 7.23. The quantitative estimate of drug-likeness (QED) is 0.505. The van der Waals surface area contributed by atoms with E-state index < -0.39 is 0 Å². The Morgan fingerprint density at radius 3 is 2.59 bits per heavy atom. The molecule has 1 heterocycles. The van der Waals surface area contributed by atoms with Gasteiger partial charge in [0.2, 0.25) is 0 Å². The SMILES string of the molecule is CCN(CC)CCN(C(=O)c1cccc(OC)c1)c1nc2ccc(F)cc2s1.Cl. The van der Waals surface area contributed by atoms with Crippen molar-refractivity contribution in [2.24, 2.45) is 0 Å². The van der Waals surface area contributed by atoms with E-state index in [4.69, 9.17) is 4.74 Å². The molecule has 0 radical (unpaired) electrons. The van der Waals surface area contributed by atoms with Gasteiger partial charge in [-0.25, -0.2) is 9.37 Å². The van der Waals surface area contributed by atoms with Crippen molar-refractivity contribution in [1.29, 1.82) is 0 Å². The number of anilines is 1. The number of carbonyl (C=O) groups is 1. The van der Waals surface area contributed by atoms with Crippen molar-refractivity contribution in [1.82, 2.24) is 9.88 Å². The smallest absolute Gasteiger partial charge is 0.260 e. The van der Waals surface area contributed by atoms with E-state index in [-0.39, 0.29) is 24.1 Å². The molecule has 3 aromatic rings. The third-order valence-electron chi connectivity index (χ3n) is 4.67. The van der Waals surface area contributed by atoms with Gasteiger partial charge in [-0.3, -0.25) is 9.69 Å². The van der Waals surface area contributed by atoms with Gasteiger partial charge in [0.05, 0.1) is 17.3 Å². The van der Waals surface area contributed by atoms with Crippen LogP contribution in [0.25, 0.3) is 10.2 Å². The predicted molar refractivity (Wildman–Crippen MR) is 119 cm³/mol. The van der Waals surface area contributed by atoms with Crippen LogP contribution in [0.2, 0.25) is 0 Å². The lowest BCUT2D eigenvalue weighted by molar-refractivity contribution is 0.0983. The van der Waals surface area contributed by atoms with Crippen molar-refractivity contribution in [3.05, 3.63) is 53.8 Å². The first kappa shape index (κ1) is 23.1. The van der Waals surface area contributed by atoms with Crippen molar-refractivity contribution in [3.8, 4) is 5.75 Å². The summed E-state index contributed by atoms with van der Waals surface area (Å²) in [5.41, 5.74) is 1.22. The number of benzene rings is 2. The molecule has 1 aromatic heterocycles. The van der Waals surface area contributed by atoms with Crippen LogP contribution < -0.4 is 9.64 Å². The molecule has 0 unspecified atom stereocenters. The van der Waals surface area contributed by atoms with Crippen LogP contribution in [0, 0.1) is 5.82 Å². The standard InChI is InChI=1S/C21H24FN3O2S.ClH/c1-4-24(5-2)11-12-25(20(26)15-7-6-8-17(13-15)27-3)21-23-18-10-9-16(22)14-19(18)28-21;/h6-10,13-14H,4-5,11-12H2,1-3H3;1H. The zero-order valence-electron chi connectivity index (χ0n) is 16.7. The molecular formula is C21H25ClFN3O2S. The van der Waals surface area contributed by atoms with Gasteiger partial charge < -0.3 is 9.64 Å². The Balaban J connectivity index is 0.00000300. The average Bonchev–Trinajstić information content (AvgIpc) is 3.13. The van der Waals surface area contributed by atoms with Crippen LogP contribution in [0.4, 0.5) is 9.52 Å². The van der Waals surface area contributed by atoms with E-state index in [1.54, 1.807) is 42.3 Å². The summed E-state index contributed by atoms with van der Waals surface area (Å²) < 4.78 is 19.6. The molecule has 5 nitrogen and oxygen atoms in total. The van der Waals surface area contributed by atoms with Crippen molar-refractivity contribution >= 4 is 45.0 Å². The summed E-state index contributed by atoms with van der Waals surface area (Å²) in [5, 5.41) is 0.570. The number of thiazole rings is 1. The highest BCUT2D eigenvalue weighted by Crippen LogP contribution is 2.30. The van der Waals surface area contributed by atoms with Crippen molar-refractivity contribution in [2.75, 3.05) is 38.2 Å². The summed E-state index contributed by atoms with van der Waals surface area (Å²) in [4.78, 5) is 21.8. The molecule has 0 aliphatic carbocycles. The number of amides is 1. The van der Waals surface area contributed by atoms with Gasteiger partial charge in [0, 0.05) is 18.7 Å². The van der Waals surface area contributed by atoms with Gasteiger partial charge in [0.15, 0.2) is 5.13 Å². The molecule has 8 heteroatoms. The van der Waals surface area contributed by atoms with Gasteiger partial charge >= 0.3 is 0 Å². The van der Waals surface area contributed by atoms with Crippen LogP contribution in [-0.4, -0.2) is 49.1 Å². The van der Waals surface area contributed by atoms with Gasteiger partial charge in [0.25, 0.3) is 5.91 Å². The largest absolute Gasteiger partial charge is 0.497 e. The molecule has 2 aromatic carbocycles. The summed E-state index contributed by atoms with van der Waals surface area (Å²) in [7, 11) is 1.57. The first-order valence-corrected chi connectivity index (χ1v) is 10.1. The highest BCUT2D eigenvalue weighted by Gasteiger charge is 2.22. The minimum Gasteiger partial charge on any atom is -0.497 e. The summed E-state index contributed by atoms with van der Waals surface area (Å²) in [6.07, 6.45) is 0. The molecule has 0 saturated heterocycles. The number of carbonyl (C=O) groups excluding carboxylic acids is 1. The van der Waals surface area contributed by atoms with Crippen LogP contribution in [0.5, 0.6) is 5.75 Å². The number of rotatable bonds is 8. The summed E-state index contributed by atoms with van der Waals surface area (Å²) in [6, 6.07) is 11.6. The van der Waals surface area contributed by atoms with Gasteiger partial charge in [-0.05, 0) is 49.5 Å². The number of fused-ring (bicyclic) bond motifs is 1. The first-order chi connectivity index (χ1) is 13.5. The van der Waals surface area contributed by atoms with E-state index in [1.165, 1.54) is 23.5 Å². The van der Waals surface area contributed by atoms with Crippen LogP contribution in [0.15, 0.2) is 42.5 Å². The van der Waals surface area contributed by atoms with E-state index in [1.807, 2.05) is 0 Å². The molecule has 0 saturated carbocycles. The van der Waals surface area contributed by atoms with E-state index in [0.29, 0.717) is 28.5 Å². The number of halogens is 2. The van der Waals surface area contributed by atoms with E-state index in [9.17, 15) is 9.18 Å². The Morgan fingerprint density at radius 2 is 1.90 bits per heavy atom. The number of methoxy groups -OCH3 is 1. The zero-order valence-corrected chi connectivity index (χ0v) is 18.4. The normalized spacial score (nSPS) is 10.8. The maximum atomic E-state index is 13.6. The molecule has 0 spiro atoms. The fourth-order valence-electron chi connectivity index (χ4n) is 2.98. The molecular weight excluding hydrogens is 413 g/mol. The number of hydrogen-bond donors (Lipinski definition) is 0. The molecule has 0 atom stereocenters. The minimum absolute atomic E-state index is 0. The van der Waals surface area contributed by atoms with Crippen LogP contribution in [-0.2, 0) is 0 Å². The van der Waals surface area contributed by atoms with Crippen molar-refractivity contribution in [3.63, 3.8) is 0 Å². The number of nitrogens with zero attached hydrogens (tertiary/aromatic N) is 3. The average molecular weight is 438 g/mol. The fraction of sp³-hybridized carbons (Fsp3) is 0.333. The Kier molecular flexibility index (Phi) is 8.37. The molecule has 0 fully saturated rings. The Labute approximate surface area is 180 Å². The first-order valence-electron chi connectivity index (χ1n) is 9.30. The predicted octanol–water partition coefficient (Wildman–Crippen LogP) is 4.85. The van der Waals surface area contributed by atoms with E-state index >= 15 is 0 Å². The minimum atomic E-state index is -0.309. The number of likely N-dealkylation sites (N-methyl/N-ethyl adjacent to an activating group) is 1. The number of ether oxygens (including phenoxy) is 1. The second kappa shape index (κ2) is 10.5. The molecule has 0 bridgehead atoms. The van der Waals surface area contributed by atoms with Gasteiger partial charge in [-0.1, -0.05) is 31.3 Å². The lowest BCUT2D eigenvalue weighted by Crippen LogP contribution is -2.38. The van der Waals surface area contributed by atoms with E-state index in [2.05, 4.69) is 23.7 Å². The fourth-order valence-corrected chi connectivity index (χ4v) is 3.99. The Bertz CT molecular complexity index is 962. The van der Waals surface area contributed by atoms with Crippen molar-refractivity contribution < 1.29 is 13.9 Å². The third kappa shape index (κ3) is 5.44. The number of hydrogen-bond acceptors (Lipinski definition) is 5. The molecule has 0 aliphatic heterocycles. The highest BCUT2D eigenvalue weighted by molar-refractivity contribution is 7.22. The summed E-state index contributed by atoms with van der Waals surface area (Å²) in [5.74, 6) is 0.169. The van der Waals surface area contributed by atoms with Crippen LogP contribution in [0.1, 0.15) is 24.2 Å². The Hall–Kier alpha value is -2.22. The van der Waals surface area contributed by atoms with Crippen molar-refractivity contribution in [2.45, 2.75) is 13.8 Å². The second-order valence-corrected chi connectivity index (χ2v) is 7.33. The van der Waals surface area contributed by atoms with Gasteiger partial charge in [0.1, 0.15) is 11.6 Å². The summed E-state index contributed by atoms with van der Waals surface area (Å²) >= 11 is 1.32. The molecule has 156 valence electrons. The lowest BCUT2D eigenvalue weighted by Gasteiger charge is -2.24. The maximum Gasteiger partial charge on any atom is 0.260 e. The second-order valence-electron chi connectivity index (χ2n) is 6.32. The topological polar surface area (TPSA) is 45.7 Å². The zero-order chi connectivity index (χ0) is 20.1. The van der Waals surface area contributed by atoms with Crippen LogP contribution >= 0.6 is 23.7 Å². The highest BCUT2D eigenvalue weighted by atomic mass is 35.5. The molecule has 1 amide bonds. The third-order valence-corrected chi connectivity index (χ3v) is 5.71. The Morgan fingerprint density at radius 1 is 1.14 bits per heavy atom. The lowest BCUT2D eigenvalue weighted by atomic mass is 10.2. The van der Waals surface area contributed by atoms with Gasteiger partial charge in [-0.2, -0.15) is 0 Å². The number of aromatic nitrogens is 1.